The van der Waals surface area contributed by atoms with Gasteiger partial charge in [-0.05, 0) is 37.5 Å². The van der Waals surface area contributed by atoms with E-state index in [1.807, 2.05) is 37.7 Å². The van der Waals surface area contributed by atoms with Crippen molar-refractivity contribution < 1.29 is 9.47 Å². The van der Waals surface area contributed by atoms with E-state index in [1.54, 1.807) is 7.11 Å². The number of aliphatic imine (C=N–C) groups is 1. The number of guanidine groups is 1. The summed E-state index contributed by atoms with van der Waals surface area (Å²) in [5.41, 5.74) is 1.18. The Morgan fingerprint density at radius 3 is 2.75 bits per heavy atom. The second-order valence-corrected chi connectivity index (χ2v) is 7.08. The molecular weight excluding hydrogens is 356 g/mol. The van der Waals surface area contributed by atoms with Crippen LogP contribution in [0.15, 0.2) is 29.3 Å². The number of nitrogens with zero attached hydrogens (tertiary/aromatic N) is 5. The summed E-state index contributed by atoms with van der Waals surface area (Å²) >= 11 is 0. The van der Waals surface area contributed by atoms with E-state index in [0.717, 1.165) is 55.9 Å². The van der Waals surface area contributed by atoms with E-state index >= 15 is 0 Å². The maximum absolute atomic E-state index is 5.74. The number of methoxy groups -OCH3 is 1. The molecular formula is C20H30N6O2. The minimum absolute atomic E-state index is 0.247. The van der Waals surface area contributed by atoms with Crippen LogP contribution in [0.2, 0.25) is 0 Å². The van der Waals surface area contributed by atoms with Gasteiger partial charge in [-0.2, -0.15) is 0 Å². The van der Waals surface area contributed by atoms with Crippen LogP contribution in [0, 0.1) is 6.92 Å². The van der Waals surface area contributed by atoms with Crippen molar-refractivity contribution in [2.45, 2.75) is 39.0 Å². The third kappa shape index (κ3) is 5.22. The summed E-state index contributed by atoms with van der Waals surface area (Å²) in [5, 5.41) is 11.8. The van der Waals surface area contributed by atoms with Gasteiger partial charge in [0.2, 0.25) is 0 Å². The molecule has 0 aliphatic carbocycles. The number of benzene rings is 1. The minimum atomic E-state index is 0.247. The molecule has 0 bridgehead atoms. The van der Waals surface area contributed by atoms with Gasteiger partial charge in [-0.15, -0.1) is 10.2 Å². The van der Waals surface area contributed by atoms with E-state index in [2.05, 4.69) is 32.5 Å². The Labute approximate surface area is 166 Å². The monoisotopic (exact) mass is 386 g/mol. The summed E-state index contributed by atoms with van der Waals surface area (Å²) in [7, 11) is 5.67. The first-order valence-corrected chi connectivity index (χ1v) is 9.65. The summed E-state index contributed by atoms with van der Waals surface area (Å²) in [5.74, 6) is 3.40. The smallest absolute Gasteiger partial charge is 0.194 e. The van der Waals surface area contributed by atoms with Crippen LogP contribution < -0.4 is 10.1 Å². The lowest BCUT2D eigenvalue weighted by Gasteiger charge is -2.24. The summed E-state index contributed by atoms with van der Waals surface area (Å²) in [6.07, 6.45) is 2.46. The number of aryl methyl sites for hydroxylation is 1. The van der Waals surface area contributed by atoms with Crippen LogP contribution in [0.25, 0.3) is 0 Å². The molecule has 1 aromatic carbocycles. The molecule has 1 saturated heterocycles. The highest BCUT2D eigenvalue weighted by atomic mass is 16.5. The molecule has 1 aliphatic rings. The maximum Gasteiger partial charge on any atom is 0.194 e. The van der Waals surface area contributed by atoms with Crippen molar-refractivity contribution in [3.05, 3.63) is 41.5 Å². The SMILES string of the molecule is COc1ccc(CN(C)C(=NCc2nnc(C)n2C)NCC2CCCO2)cc1. The van der Waals surface area contributed by atoms with E-state index in [-0.39, 0.29) is 6.10 Å². The second-order valence-electron chi connectivity index (χ2n) is 7.08. The molecule has 1 aliphatic heterocycles. The Kier molecular flexibility index (Phi) is 6.86. The van der Waals surface area contributed by atoms with Gasteiger partial charge in [0.1, 0.15) is 18.1 Å². The lowest BCUT2D eigenvalue weighted by Crippen LogP contribution is -2.42. The van der Waals surface area contributed by atoms with Crippen molar-refractivity contribution in [3.63, 3.8) is 0 Å². The number of hydrogen-bond donors (Lipinski definition) is 1. The lowest BCUT2D eigenvalue weighted by atomic mass is 10.2. The van der Waals surface area contributed by atoms with Crippen LogP contribution in [0.4, 0.5) is 0 Å². The van der Waals surface area contributed by atoms with E-state index in [9.17, 15) is 0 Å². The predicted octanol–water partition coefficient (Wildman–Crippen LogP) is 1.89. The largest absolute Gasteiger partial charge is 0.497 e. The molecule has 2 aromatic rings. The van der Waals surface area contributed by atoms with Crippen LogP contribution in [-0.4, -0.2) is 59.0 Å². The Hall–Kier alpha value is -2.61. The van der Waals surface area contributed by atoms with Crippen molar-refractivity contribution in [2.24, 2.45) is 12.0 Å². The van der Waals surface area contributed by atoms with Crippen LogP contribution in [-0.2, 0) is 24.9 Å². The van der Waals surface area contributed by atoms with E-state index < -0.39 is 0 Å². The fourth-order valence-electron chi connectivity index (χ4n) is 3.14. The average Bonchev–Trinajstić information content (AvgIpc) is 3.33. The normalized spacial score (nSPS) is 17.0. The first kappa shape index (κ1) is 20.1. The Bertz CT molecular complexity index is 780. The van der Waals surface area contributed by atoms with Gasteiger partial charge in [0, 0.05) is 33.8 Å². The summed E-state index contributed by atoms with van der Waals surface area (Å²) < 4.78 is 12.9. The van der Waals surface area contributed by atoms with Gasteiger partial charge in [0.25, 0.3) is 0 Å². The Morgan fingerprint density at radius 1 is 1.36 bits per heavy atom. The van der Waals surface area contributed by atoms with E-state index in [4.69, 9.17) is 14.5 Å². The number of hydrogen-bond acceptors (Lipinski definition) is 5. The zero-order chi connectivity index (χ0) is 19.9. The maximum atomic E-state index is 5.74. The van der Waals surface area contributed by atoms with Crippen molar-refractivity contribution in [3.8, 4) is 5.75 Å². The van der Waals surface area contributed by atoms with Crippen LogP contribution >= 0.6 is 0 Å². The summed E-state index contributed by atoms with van der Waals surface area (Å²) in [6.45, 7) is 4.74. The van der Waals surface area contributed by atoms with Crippen molar-refractivity contribution in [1.29, 1.82) is 0 Å². The molecule has 8 heteroatoms. The quantitative estimate of drug-likeness (QED) is 0.578. The fraction of sp³-hybridized carbons (Fsp3) is 0.550. The van der Waals surface area contributed by atoms with Gasteiger partial charge < -0.3 is 24.3 Å². The summed E-state index contributed by atoms with van der Waals surface area (Å²) in [4.78, 5) is 6.90. The van der Waals surface area contributed by atoms with Gasteiger partial charge in [-0.25, -0.2) is 4.99 Å². The average molecular weight is 387 g/mol. The van der Waals surface area contributed by atoms with Gasteiger partial charge in [0.05, 0.1) is 13.2 Å². The number of aromatic nitrogens is 3. The molecule has 8 nitrogen and oxygen atoms in total. The van der Waals surface area contributed by atoms with Gasteiger partial charge in [0.15, 0.2) is 11.8 Å². The topological polar surface area (TPSA) is 76.8 Å². The number of rotatable bonds is 7. The van der Waals surface area contributed by atoms with Crippen LogP contribution in [0.1, 0.15) is 30.1 Å². The molecule has 2 heterocycles. The van der Waals surface area contributed by atoms with Gasteiger partial charge >= 0.3 is 0 Å². The molecule has 0 radical (unpaired) electrons. The molecule has 0 spiro atoms. The fourth-order valence-corrected chi connectivity index (χ4v) is 3.14. The third-order valence-electron chi connectivity index (χ3n) is 5.01. The molecule has 1 N–H and O–H groups in total. The molecule has 152 valence electrons. The molecule has 0 amide bonds. The number of nitrogens with one attached hydrogen (secondary N) is 1. The summed E-state index contributed by atoms with van der Waals surface area (Å²) in [6, 6.07) is 8.09. The van der Waals surface area contributed by atoms with E-state index in [0.29, 0.717) is 6.54 Å². The number of ether oxygens (including phenoxy) is 2. The highest BCUT2D eigenvalue weighted by Gasteiger charge is 2.17. The molecule has 0 saturated carbocycles. The third-order valence-corrected chi connectivity index (χ3v) is 5.01. The Morgan fingerprint density at radius 2 is 2.14 bits per heavy atom. The molecule has 1 atom stereocenters. The van der Waals surface area contributed by atoms with Crippen LogP contribution in [0.5, 0.6) is 5.75 Å². The molecule has 1 unspecified atom stereocenters. The van der Waals surface area contributed by atoms with Crippen molar-refractivity contribution in [2.75, 3.05) is 27.3 Å². The highest BCUT2D eigenvalue weighted by Crippen LogP contribution is 2.14. The minimum Gasteiger partial charge on any atom is -0.497 e. The zero-order valence-corrected chi connectivity index (χ0v) is 17.2. The van der Waals surface area contributed by atoms with E-state index in [1.165, 1.54) is 5.56 Å². The molecule has 3 rings (SSSR count). The van der Waals surface area contributed by atoms with Gasteiger partial charge in [-0.3, -0.25) is 0 Å². The standard InChI is InChI=1S/C20H30N6O2/c1-15-23-24-19(26(15)3)13-22-20(21-12-18-6-5-11-28-18)25(2)14-16-7-9-17(27-4)10-8-16/h7-10,18H,5-6,11-14H2,1-4H3,(H,21,22). The lowest BCUT2D eigenvalue weighted by molar-refractivity contribution is 0.113. The second kappa shape index (κ2) is 9.54. The molecule has 1 fully saturated rings. The highest BCUT2D eigenvalue weighted by molar-refractivity contribution is 5.79. The Balaban J connectivity index is 1.69. The predicted molar refractivity (Wildman–Crippen MR) is 108 cm³/mol. The first-order valence-electron chi connectivity index (χ1n) is 9.65. The molecule has 28 heavy (non-hydrogen) atoms. The van der Waals surface area contributed by atoms with Gasteiger partial charge in [-0.1, -0.05) is 12.1 Å². The molecule has 1 aromatic heterocycles. The van der Waals surface area contributed by atoms with Crippen LogP contribution in [0.3, 0.4) is 0 Å². The zero-order valence-electron chi connectivity index (χ0n) is 17.2. The van der Waals surface area contributed by atoms with Crippen molar-refractivity contribution >= 4 is 5.96 Å². The van der Waals surface area contributed by atoms with Crippen molar-refractivity contribution in [1.82, 2.24) is 25.0 Å². The first-order chi connectivity index (χ1) is 13.6.